The Balaban J connectivity index is 2.68. The zero-order valence-corrected chi connectivity index (χ0v) is 12.6. The quantitative estimate of drug-likeness (QED) is 0.758. The lowest BCUT2D eigenvalue weighted by atomic mass is 9.90. The lowest BCUT2D eigenvalue weighted by Crippen LogP contribution is -2.37. The van der Waals surface area contributed by atoms with Gasteiger partial charge in [0.2, 0.25) is 0 Å². The molecule has 1 atom stereocenters. The number of aryl methyl sites for hydroxylation is 3. The molecule has 1 nitrogen and oxygen atoms in total. The van der Waals surface area contributed by atoms with Gasteiger partial charge in [0, 0.05) is 5.54 Å². The van der Waals surface area contributed by atoms with Crippen LogP contribution in [0.3, 0.4) is 0 Å². The van der Waals surface area contributed by atoms with Gasteiger partial charge >= 0.3 is 0 Å². The van der Waals surface area contributed by atoms with Gasteiger partial charge in [-0.3, -0.25) is 4.72 Å². The molecule has 0 aliphatic heterocycles. The molecule has 0 aliphatic rings. The van der Waals surface area contributed by atoms with E-state index in [1.807, 2.05) is 0 Å². The summed E-state index contributed by atoms with van der Waals surface area (Å²) in [6, 6.07) is 6.75. The maximum absolute atomic E-state index is 3.53. The van der Waals surface area contributed by atoms with E-state index in [0.717, 1.165) is 6.42 Å². The van der Waals surface area contributed by atoms with E-state index < -0.39 is 0 Å². The van der Waals surface area contributed by atoms with E-state index in [1.165, 1.54) is 29.5 Å². The van der Waals surface area contributed by atoms with Crippen LogP contribution >= 0.6 is 11.9 Å². The molecule has 0 radical (unpaired) electrons. The molecule has 0 saturated heterocycles. The summed E-state index contributed by atoms with van der Waals surface area (Å²) >= 11 is 1.73. The Morgan fingerprint density at radius 3 is 2.59 bits per heavy atom. The molecule has 1 rings (SSSR count). The molecule has 0 bridgehead atoms. The molecular formula is C15H25NS. The first-order valence-electron chi connectivity index (χ1n) is 6.37. The van der Waals surface area contributed by atoms with Gasteiger partial charge in [0.25, 0.3) is 0 Å². The molecule has 0 saturated carbocycles. The van der Waals surface area contributed by atoms with E-state index in [0.29, 0.717) is 0 Å². The SMILES string of the molecule is CCC(C)(CCc1cc(C)ccc1C)NSC. The third-order valence-corrected chi connectivity index (χ3v) is 4.28. The second-order valence-electron chi connectivity index (χ2n) is 5.15. The summed E-state index contributed by atoms with van der Waals surface area (Å²) < 4.78 is 3.53. The Kier molecular flexibility index (Phi) is 5.54. The number of hydrogen-bond acceptors (Lipinski definition) is 2. The van der Waals surface area contributed by atoms with Gasteiger partial charge < -0.3 is 0 Å². The van der Waals surface area contributed by atoms with E-state index in [1.54, 1.807) is 11.9 Å². The van der Waals surface area contributed by atoms with Crippen LogP contribution in [0.4, 0.5) is 0 Å². The summed E-state index contributed by atoms with van der Waals surface area (Å²) in [7, 11) is 0. The van der Waals surface area contributed by atoms with Gasteiger partial charge in [0.15, 0.2) is 0 Å². The van der Waals surface area contributed by atoms with E-state index in [-0.39, 0.29) is 5.54 Å². The van der Waals surface area contributed by atoms with E-state index >= 15 is 0 Å². The summed E-state index contributed by atoms with van der Waals surface area (Å²) in [4.78, 5) is 0. The zero-order chi connectivity index (χ0) is 12.9. The van der Waals surface area contributed by atoms with Gasteiger partial charge in [-0.1, -0.05) is 42.6 Å². The molecular weight excluding hydrogens is 226 g/mol. The highest BCUT2D eigenvalue weighted by Crippen LogP contribution is 2.22. The second-order valence-corrected chi connectivity index (χ2v) is 5.76. The van der Waals surface area contributed by atoms with Crippen LogP contribution < -0.4 is 4.72 Å². The summed E-state index contributed by atoms with van der Waals surface area (Å²) in [5.74, 6) is 0. The van der Waals surface area contributed by atoms with Gasteiger partial charge in [0.1, 0.15) is 0 Å². The van der Waals surface area contributed by atoms with Crippen molar-refractivity contribution >= 4 is 11.9 Å². The van der Waals surface area contributed by atoms with Crippen molar-refractivity contribution in [2.75, 3.05) is 6.26 Å². The third-order valence-electron chi connectivity index (χ3n) is 3.58. The second kappa shape index (κ2) is 6.46. The topological polar surface area (TPSA) is 12.0 Å². The highest BCUT2D eigenvalue weighted by molar-refractivity contribution is 7.96. The minimum atomic E-state index is 0.246. The molecule has 0 amide bonds. The maximum atomic E-state index is 3.53. The Bertz CT molecular complexity index is 362. The van der Waals surface area contributed by atoms with Crippen molar-refractivity contribution in [2.24, 2.45) is 0 Å². The fourth-order valence-corrected chi connectivity index (χ4v) is 2.77. The van der Waals surface area contributed by atoms with Crippen LogP contribution in [0.2, 0.25) is 0 Å². The molecule has 0 heterocycles. The zero-order valence-electron chi connectivity index (χ0n) is 11.8. The van der Waals surface area contributed by atoms with Crippen molar-refractivity contribution < 1.29 is 0 Å². The Morgan fingerprint density at radius 2 is 2.00 bits per heavy atom. The fraction of sp³-hybridized carbons (Fsp3) is 0.600. The van der Waals surface area contributed by atoms with Crippen LogP contribution in [0.5, 0.6) is 0 Å². The van der Waals surface area contributed by atoms with Crippen molar-refractivity contribution in [3.63, 3.8) is 0 Å². The average molecular weight is 251 g/mol. The summed E-state index contributed by atoms with van der Waals surface area (Å²) in [6.07, 6.45) is 5.62. The van der Waals surface area contributed by atoms with Crippen LogP contribution in [0.25, 0.3) is 0 Å². The largest absolute Gasteiger partial charge is 0.258 e. The van der Waals surface area contributed by atoms with Crippen molar-refractivity contribution in [1.82, 2.24) is 4.72 Å². The lowest BCUT2D eigenvalue weighted by molar-refractivity contribution is 0.388. The van der Waals surface area contributed by atoms with Crippen molar-refractivity contribution in [1.29, 1.82) is 0 Å². The highest BCUT2D eigenvalue weighted by Gasteiger charge is 2.20. The monoisotopic (exact) mass is 251 g/mol. The Morgan fingerprint density at radius 1 is 1.29 bits per heavy atom. The fourth-order valence-electron chi connectivity index (χ4n) is 2.03. The van der Waals surface area contributed by atoms with Gasteiger partial charge in [-0.05, 0) is 57.4 Å². The van der Waals surface area contributed by atoms with E-state index in [4.69, 9.17) is 0 Å². The first-order chi connectivity index (χ1) is 8.00. The number of benzene rings is 1. The van der Waals surface area contributed by atoms with Gasteiger partial charge in [-0.15, -0.1) is 0 Å². The van der Waals surface area contributed by atoms with Crippen molar-refractivity contribution in [3.05, 3.63) is 34.9 Å². The lowest BCUT2D eigenvalue weighted by Gasteiger charge is -2.28. The third kappa shape index (κ3) is 4.36. The number of hydrogen-bond donors (Lipinski definition) is 1. The smallest absolute Gasteiger partial charge is 0.0255 e. The first-order valence-corrected chi connectivity index (χ1v) is 7.59. The number of rotatable bonds is 6. The molecule has 0 aliphatic carbocycles. The van der Waals surface area contributed by atoms with E-state index in [9.17, 15) is 0 Å². The Labute approximate surface area is 111 Å². The molecule has 1 N–H and O–H groups in total. The van der Waals surface area contributed by atoms with Crippen LogP contribution in [-0.2, 0) is 6.42 Å². The standard InChI is InChI=1S/C15H25NS/c1-6-15(4,16-17-5)10-9-14-11-12(2)7-8-13(14)3/h7-8,11,16H,6,9-10H2,1-5H3. The molecule has 0 aromatic heterocycles. The molecule has 2 heteroatoms. The average Bonchev–Trinajstić information content (AvgIpc) is 2.31. The van der Waals surface area contributed by atoms with Crippen molar-refractivity contribution in [3.8, 4) is 0 Å². The summed E-state index contributed by atoms with van der Waals surface area (Å²) in [5, 5.41) is 0. The minimum Gasteiger partial charge on any atom is -0.258 e. The van der Waals surface area contributed by atoms with Crippen molar-refractivity contribution in [2.45, 2.75) is 52.5 Å². The number of nitrogens with one attached hydrogen (secondary N) is 1. The van der Waals surface area contributed by atoms with Crippen LogP contribution in [0, 0.1) is 13.8 Å². The molecule has 1 aromatic carbocycles. The molecule has 96 valence electrons. The molecule has 17 heavy (non-hydrogen) atoms. The molecule has 0 spiro atoms. The van der Waals surface area contributed by atoms with Gasteiger partial charge in [-0.25, -0.2) is 0 Å². The summed E-state index contributed by atoms with van der Waals surface area (Å²) in [5.41, 5.74) is 4.52. The van der Waals surface area contributed by atoms with Crippen LogP contribution in [0.15, 0.2) is 18.2 Å². The molecule has 1 unspecified atom stereocenters. The molecule has 0 fully saturated rings. The van der Waals surface area contributed by atoms with Gasteiger partial charge in [-0.2, -0.15) is 0 Å². The van der Waals surface area contributed by atoms with Gasteiger partial charge in [0.05, 0.1) is 0 Å². The Hall–Kier alpha value is -0.470. The highest BCUT2D eigenvalue weighted by atomic mass is 32.2. The van der Waals surface area contributed by atoms with E-state index in [2.05, 4.69) is 56.9 Å². The predicted octanol–water partition coefficient (Wildman–Crippen LogP) is 4.27. The first kappa shape index (κ1) is 14.6. The van der Waals surface area contributed by atoms with Crippen LogP contribution in [-0.4, -0.2) is 11.8 Å². The predicted molar refractivity (Wildman–Crippen MR) is 79.6 cm³/mol. The van der Waals surface area contributed by atoms with Crippen LogP contribution in [0.1, 0.15) is 43.4 Å². The maximum Gasteiger partial charge on any atom is 0.0255 e. The molecule has 1 aromatic rings. The minimum absolute atomic E-state index is 0.246. The normalized spacial score (nSPS) is 14.6. The summed E-state index contributed by atoms with van der Waals surface area (Å²) in [6.45, 7) is 8.95.